The van der Waals surface area contributed by atoms with Crippen molar-refractivity contribution in [2.24, 2.45) is 5.92 Å². The molecule has 17 heavy (non-hydrogen) atoms. The van der Waals surface area contributed by atoms with Crippen molar-refractivity contribution >= 4 is 11.6 Å². The van der Waals surface area contributed by atoms with Crippen molar-refractivity contribution in [3.63, 3.8) is 0 Å². The first kappa shape index (κ1) is 10.6. The van der Waals surface area contributed by atoms with Gasteiger partial charge in [-0.05, 0) is 31.9 Å². The van der Waals surface area contributed by atoms with Crippen molar-refractivity contribution in [2.45, 2.75) is 25.8 Å². The van der Waals surface area contributed by atoms with Crippen LogP contribution in [0.5, 0.6) is 0 Å². The minimum absolute atomic E-state index is 0.346. The zero-order valence-corrected chi connectivity index (χ0v) is 10.0. The van der Waals surface area contributed by atoms with E-state index in [0.29, 0.717) is 17.9 Å². The normalized spacial score (nSPS) is 19.9. The molecule has 90 valence electrons. The van der Waals surface area contributed by atoms with E-state index in [-0.39, 0.29) is 0 Å². The maximum Gasteiger partial charge on any atom is 0.225 e. The van der Waals surface area contributed by atoms with Crippen molar-refractivity contribution in [1.29, 1.82) is 0 Å². The van der Waals surface area contributed by atoms with Gasteiger partial charge in [-0.25, -0.2) is 0 Å². The van der Waals surface area contributed by atoms with E-state index >= 15 is 0 Å². The molecule has 1 aliphatic carbocycles. The van der Waals surface area contributed by atoms with Crippen LogP contribution >= 0.6 is 0 Å². The lowest BCUT2D eigenvalue weighted by molar-refractivity contribution is -0.136. The van der Waals surface area contributed by atoms with Crippen molar-refractivity contribution in [3.05, 3.63) is 24.0 Å². The number of hydrogen-bond acceptors (Lipinski definition) is 3. The maximum absolute atomic E-state index is 11.7. The number of likely N-dealkylation sites (tertiary alicyclic amines) is 1. The Labute approximate surface area is 101 Å². The van der Waals surface area contributed by atoms with Crippen molar-refractivity contribution < 1.29 is 4.79 Å². The van der Waals surface area contributed by atoms with Gasteiger partial charge in [0.15, 0.2) is 0 Å². The van der Waals surface area contributed by atoms with Crippen LogP contribution in [-0.2, 0) is 4.79 Å². The molecule has 1 saturated carbocycles. The summed E-state index contributed by atoms with van der Waals surface area (Å²) in [6.45, 7) is 3.67. The Hall–Kier alpha value is -1.58. The Morgan fingerprint density at radius 3 is 2.88 bits per heavy atom. The minimum atomic E-state index is 0.346. The number of aryl methyl sites for hydroxylation is 1. The van der Waals surface area contributed by atoms with Crippen LogP contribution < -0.4 is 5.32 Å². The SMILES string of the molecule is Cc1cc(NC2CN(C(=O)C3CC3)C2)ccn1. The van der Waals surface area contributed by atoms with Gasteiger partial charge in [-0.1, -0.05) is 0 Å². The molecular formula is C13H17N3O. The van der Waals surface area contributed by atoms with Crippen LogP contribution in [0.25, 0.3) is 0 Å². The Bertz CT molecular complexity index is 436. The molecule has 0 radical (unpaired) electrons. The van der Waals surface area contributed by atoms with E-state index in [9.17, 15) is 4.79 Å². The maximum atomic E-state index is 11.7. The molecule has 1 aliphatic heterocycles. The van der Waals surface area contributed by atoms with Crippen LogP contribution in [0.3, 0.4) is 0 Å². The van der Waals surface area contributed by atoms with Gasteiger partial charge in [0.2, 0.25) is 5.91 Å². The van der Waals surface area contributed by atoms with Crippen LogP contribution in [0, 0.1) is 12.8 Å². The molecule has 1 aromatic heterocycles. The molecule has 2 fully saturated rings. The number of amides is 1. The summed E-state index contributed by atoms with van der Waals surface area (Å²) in [5.74, 6) is 0.702. The molecule has 0 spiro atoms. The predicted molar refractivity (Wildman–Crippen MR) is 65.7 cm³/mol. The molecule has 0 unspecified atom stereocenters. The van der Waals surface area contributed by atoms with E-state index in [4.69, 9.17) is 0 Å². The number of hydrogen-bond donors (Lipinski definition) is 1. The molecule has 1 N–H and O–H groups in total. The van der Waals surface area contributed by atoms with Crippen LogP contribution in [0.2, 0.25) is 0 Å². The number of pyridine rings is 1. The fourth-order valence-corrected chi connectivity index (χ4v) is 2.21. The zero-order valence-electron chi connectivity index (χ0n) is 10.0. The van der Waals surface area contributed by atoms with Crippen LogP contribution in [-0.4, -0.2) is 34.9 Å². The van der Waals surface area contributed by atoms with E-state index in [2.05, 4.69) is 10.3 Å². The Morgan fingerprint density at radius 1 is 1.47 bits per heavy atom. The Morgan fingerprint density at radius 2 is 2.24 bits per heavy atom. The summed E-state index contributed by atoms with van der Waals surface area (Å²) >= 11 is 0. The van der Waals surface area contributed by atoms with Crippen LogP contribution in [0.4, 0.5) is 5.69 Å². The number of aromatic nitrogens is 1. The summed E-state index contributed by atoms with van der Waals surface area (Å²) in [6, 6.07) is 4.41. The fraction of sp³-hybridized carbons (Fsp3) is 0.538. The molecule has 0 bridgehead atoms. The average Bonchev–Trinajstić information content (AvgIpc) is 3.05. The van der Waals surface area contributed by atoms with Crippen molar-refractivity contribution in [2.75, 3.05) is 18.4 Å². The third-order valence-electron chi connectivity index (χ3n) is 3.39. The molecule has 2 aliphatic rings. The monoisotopic (exact) mass is 231 g/mol. The second kappa shape index (κ2) is 4.02. The number of nitrogens with zero attached hydrogens (tertiary/aromatic N) is 2. The molecule has 2 heterocycles. The summed E-state index contributed by atoms with van der Waals surface area (Å²) in [5.41, 5.74) is 2.11. The summed E-state index contributed by atoms with van der Waals surface area (Å²) < 4.78 is 0. The van der Waals surface area contributed by atoms with E-state index in [0.717, 1.165) is 37.3 Å². The van der Waals surface area contributed by atoms with Gasteiger partial charge in [-0.15, -0.1) is 0 Å². The second-order valence-corrected chi connectivity index (χ2v) is 5.04. The van der Waals surface area contributed by atoms with Gasteiger partial charge >= 0.3 is 0 Å². The third kappa shape index (κ3) is 2.25. The van der Waals surface area contributed by atoms with Gasteiger partial charge in [0.25, 0.3) is 0 Å². The molecule has 1 saturated heterocycles. The summed E-state index contributed by atoms with van der Waals surface area (Å²) in [6.07, 6.45) is 4.00. The first-order valence-electron chi connectivity index (χ1n) is 6.20. The number of nitrogens with one attached hydrogen (secondary N) is 1. The number of carbonyl (C=O) groups excluding carboxylic acids is 1. The van der Waals surface area contributed by atoms with Gasteiger partial charge in [-0.3, -0.25) is 9.78 Å². The minimum Gasteiger partial charge on any atom is -0.379 e. The van der Waals surface area contributed by atoms with E-state index < -0.39 is 0 Å². The largest absolute Gasteiger partial charge is 0.379 e. The lowest BCUT2D eigenvalue weighted by Gasteiger charge is -2.40. The fourth-order valence-electron chi connectivity index (χ4n) is 2.21. The first-order chi connectivity index (χ1) is 8.22. The number of anilines is 1. The molecule has 1 aromatic rings. The van der Waals surface area contributed by atoms with Gasteiger partial charge in [0, 0.05) is 36.6 Å². The molecule has 0 atom stereocenters. The van der Waals surface area contributed by atoms with Gasteiger partial charge < -0.3 is 10.2 Å². The van der Waals surface area contributed by atoms with E-state index in [1.165, 1.54) is 0 Å². The Kier molecular flexibility index (Phi) is 2.50. The van der Waals surface area contributed by atoms with E-state index in [1.807, 2.05) is 30.2 Å². The third-order valence-corrected chi connectivity index (χ3v) is 3.39. The highest BCUT2D eigenvalue weighted by Crippen LogP contribution is 2.32. The molecule has 4 nitrogen and oxygen atoms in total. The van der Waals surface area contributed by atoms with Crippen molar-refractivity contribution in [1.82, 2.24) is 9.88 Å². The highest BCUT2D eigenvalue weighted by atomic mass is 16.2. The second-order valence-electron chi connectivity index (χ2n) is 5.04. The lowest BCUT2D eigenvalue weighted by Crippen LogP contribution is -2.57. The standard InChI is InChI=1S/C13H17N3O/c1-9-6-11(4-5-14-9)15-12-7-16(8-12)13(17)10-2-3-10/h4-6,10,12H,2-3,7-8H2,1H3,(H,14,15). The quantitative estimate of drug-likeness (QED) is 0.855. The lowest BCUT2D eigenvalue weighted by atomic mass is 10.1. The summed E-state index contributed by atoms with van der Waals surface area (Å²) in [4.78, 5) is 17.9. The van der Waals surface area contributed by atoms with Crippen LogP contribution in [0.15, 0.2) is 18.3 Å². The highest BCUT2D eigenvalue weighted by molar-refractivity contribution is 5.82. The summed E-state index contributed by atoms with van der Waals surface area (Å²) in [5, 5.41) is 3.43. The van der Waals surface area contributed by atoms with Crippen LogP contribution in [0.1, 0.15) is 18.5 Å². The molecule has 1 amide bonds. The van der Waals surface area contributed by atoms with Crippen molar-refractivity contribution in [3.8, 4) is 0 Å². The molecule has 3 rings (SSSR count). The smallest absolute Gasteiger partial charge is 0.225 e. The average molecular weight is 231 g/mol. The molecule has 0 aromatic carbocycles. The topological polar surface area (TPSA) is 45.2 Å². The van der Waals surface area contributed by atoms with Gasteiger partial charge in [0.1, 0.15) is 0 Å². The van der Waals surface area contributed by atoms with Gasteiger partial charge in [0.05, 0.1) is 6.04 Å². The first-order valence-corrected chi connectivity index (χ1v) is 6.20. The van der Waals surface area contributed by atoms with Gasteiger partial charge in [-0.2, -0.15) is 0 Å². The molecular weight excluding hydrogens is 214 g/mol. The number of rotatable bonds is 3. The Balaban J connectivity index is 1.51. The molecule has 4 heteroatoms. The van der Waals surface area contributed by atoms with E-state index in [1.54, 1.807) is 0 Å². The highest BCUT2D eigenvalue weighted by Gasteiger charge is 2.39. The summed E-state index contributed by atoms with van der Waals surface area (Å²) in [7, 11) is 0. The predicted octanol–water partition coefficient (Wildman–Crippen LogP) is 1.42. The number of carbonyl (C=O) groups is 1. The zero-order chi connectivity index (χ0) is 11.8.